The van der Waals surface area contributed by atoms with Gasteiger partial charge in [-0.1, -0.05) is 55.8 Å². The molecule has 2 unspecified atom stereocenters. The minimum atomic E-state index is -1.25. The van der Waals surface area contributed by atoms with Gasteiger partial charge in [0.15, 0.2) is 6.29 Å². The maximum Gasteiger partial charge on any atom is 0.345 e. The van der Waals surface area contributed by atoms with Crippen LogP contribution in [0.25, 0.3) is 11.3 Å². The molecule has 9 nitrogen and oxygen atoms in total. The van der Waals surface area contributed by atoms with Crippen molar-refractivity contribution in [2.75, 3.05) is 6.61 Å². The number of hydrogen-bond acceptors (Lipinski definition) is 9. The first-order valence-corrected chi connectivity index (χ1v) is 17.5. The van der Waals surface area contributed by atoms with E-state index in [9.17, 15) is 14.7 Å². The highest BCUT2D eigenvalue weighted by molar-refractivity contribution is 5.89. The van der Waals surface area contributed by atoms with E-state index < -0.39 is 52.4 Å². The number of hydrogen-bond donors (Lipinski definition) is 1. The van der Waals surface area contributed by atoms with Crippen molar-refractivity contribution in [3.63, 3.8) is 0 Å². The molecule has 260 valence electrons. The molecule has 4 aliphatic rings. The Morgan fingerprint density at radius 2 is 1.78 bits per heavy atom. The average molecular weight is 678 g/mol. The number of aryl methyl sites for hydroxylation is 2. The number of benzene rings is 2. The van der Waals surface area contributed by atoms with Gasteiger partial charge in [0.05, 0.1) is 24.4 Å². The molecular formula is C41H43NO8. The molecule has 4 aromatic rings. The second kappa shape index (κ2) is 11.9. The van der Waals surface area contributed by atoms with Crippen LogP contribution in [0.2, 0.25) is 0 Å². The third-order valence-corrected chi connectivity index (χ3v) is 12.3. The van der Waals surface area contributed by atoms with Crippen molar-refractivity contribution >= 4 is 5.97 Å². The summed E-state index contributed by atoms with van der Waals surface area (Å²) in [5.41, 5.74) is 1.34. The van der Waals surface area contributed by atoms with Gasteiger partial charge in [-0.3, -0.25) is 4.98 Å². The molecule has 1 saturated heterocycles. The maximum atomic E-state index is 13.8. The van der Waals surface area contributed by atoms with E-state index in [0.29, 0.717) is 30.6 Å². The first-order chi connectivity index (χ1) is 23.9. The van der Waals surface area contributed by atoms with E-state index in [-0.39, 0.29) is 29.1 Å². The van der Waals surface area contributed by atoms with Crippen molar-refractivity contribution in [1.82, 2.24) is 4.98 Å². The summed E-state index contributed by atoms with van der Waals surface area (Å²) in [6.07, 6.45) is 2.46. The lowest BCUT2D eigenvalue weighted by Gasteiger charge is -2.67. The summed E-state index contributed by atoms with van der Waals surface area (Å²) in [7, 11) is 0. The van der Waals surface area contributed by atoms with Gasteiger partial charge in [-0.05, 0) is 81.2 Å². The van der Waals surface area contributed by atoms with Gasteiger partial charge < -0.3 is 28.5 Å². The molecule has 50 heavy (non-hydrogen) atoms. The molecule has 3 fully saturated rings. The van der Waals surface area contributed by atoms with Crippen LogP contribution < -0.4 is 10.4 Å². The van der Waals surface area contributed by atoms with E-state index in [1.807, 2.05) is 44.2 Å². The van der Waals surface area contributed by atoms with Crippen LogP contribution in [0.1, 0.15) is 85.0 Å². The number of aliphatic hydroxyl groups is 1. The quantitative estimate of drug-likeness (QED) is 0.222. The third-order valence-electron chi connectivity index (χ3n) is 12.3. The zero-order valence-corrected chi connectivity index (χ0v) is 29.1. The fourth-order valence-corrected chi connectivity index (χ4v) is 9.75. The molecule has 8 rings (SSSR count). The monoisotopic (exact) mass is 677 g/mol. The van der Waals surface area contributed by atoms with Crippen LogP contribution in [0.3, 0.4) is 0 Å². The molecule has 2 aliphatic heterocycles. The zero-order chi connectivity index (χ0) is 35.0. The summed E-state index contributed by atoms with van der Waals surface area (Å²) in [5.74, 6) is -0.732. The van der Waals surface area contributed by atoms with Gasteiger partial charge in [-0.15, -0.1) is 0 Å². The van der Waals surface area contributed by atoms with Gasteiger partial charge in [0.1, 0.15) is 28.8 Å². The van der Waals surface area contributed by atoms with Crippen molar-refractivity contribution in [2.45, 2.75) is 84.1 Å². The number of carbonyl (C=O) groups excluding carboxylic acids is 1. The number of rotatable bonds is 4. The first kappa shape index (κ1) is 32.9. The van der Waals surface area contributed by atoms with Crippen LogP contribution in [-0.2, 0) is 14.2 Å². The van der Waals surface area contributed by atoms with Gasteiger partial charge >= 0.3 is 11.6 Å². The normalized spacial score (nSPS) is 34.3. The molecule has 2 aromatic carbocycles. The van der Waals surface area contributed by atoms with Crippen LogP contribution in [0, 0.1) is 36.5 Å². The van der Waals surface area contributed by atoms with Crippen LogP contribution in [0.4, 0.5) is 0 Å². The minimum absolute atomic E-state index is 0.0774. The Balaban J connectivity index is 1.21. The van der Waals surface area contributed by atoms with Crippen molar-refractivity contribution in [1.29, 1.82) is 0 Å². The number of aliphatic hydroxyl groups excluding tert-OH is 1. The average Bonchev–Trinajstić information content (AvgIpc) is 3.09. The molecule has 9 heteroatoms. The number of pyridine rings is 1. The number of carbonyl (C=O) groups is 1. The third kappa shape index (κ3) is 5.04. The van der Waals surface area contributed by atoms with Crippen LogP contribution >= 0.6 is 0 Å². The molecule has 2 aromatic heterocycles. The summed E-state index contributed by atoms with van der Waals surface area (Å²) in [5, 5.41) is 12.4. The molecule has 1 N–H and O–H groups in total. The number of aromatic nitrogens is 1. The SMILES string of the molecule is Cc1ccc(C(=O)O[C@H]2CC3[C@](C)(CC[C@@H]4O[C@H](c5ccccc5C)OC[C@@]34C)C3[C@@H](O)c4c(cc(-c5cccnc5)oc4=O)O[C@@]32C)cc1. The standard InChI is InChI=1S/C41H43NO8/c1-23-12-14-25(15-13-23)36(44)48-32-20-30-39(3,17-16-31-40(30,4)22-46-38(49-31)27-11-7-6-9-24(27)2)35-34(43)33-29(50-41(32,35)5)19-28(47-37(33)45)26-10-8-18-42-21-26/h6-15,18-19,21,30-32,34-35,38,43H,16-17,20,22H2,1-5H3/t30?,31-,32-,34-,35?,38+,39-,40-,41+/m0/s1. The smallest absolute Gasteiger partial charge is 0.345 e. The highest BCUT2D eigenvalue weighted by Gasteiger charge is 2.71. The molecule has 2 aliphatic carbocycles. The highest BCUT2D eigenvalue weighted by Crippen LogP contribution is 2.68. The summed E-state index contributed by atoms with van der Waals surface area (Å²) in [6.45, 7) is 10.7. The molecule has 0 spiro atoms. The van der Waals surface area contributed by atoms with Gasteiger partial charge in [-0.25, -0.2) is 9.59 Å². The topological polar surface area (TPSA) is 117 Å². The lowest BCUT2D eigenvalue weighted by Crippen LogP contribution is -2.72. The largest absolute Gasteiger partial charge is 0.482 e. The summed E-state index contributed by atoms with van der Waals surface area (Å²) in [6, 6.07) is 20.6. The Bertz CT molecular complexity index is 1990. The molecule has 4 heterocycles. The predicted octanol–water partition coefficient (Wildman–Crippen LogP) is 7.29. The number of ether oxygens (including phenoxy) is 4. The van der Waals surface area contributed by atoms with Crippen LogP contribution in [-0.4, -0.2) is 40.5 Å². The van der Waals surface area contributed by atoms with Crippen molar-refractivity contribution in [3.05, 3.63) is 117 Å². The predicted molar refractivity (Wildman–Crippen MR) is 184 cm³/mol. The Morgan fingerprint density at radius 1 is 1.00 bits per heavy atom. The van der Waals surface area contributed by atoms with E-state index >= 15 is 0 Å². The molecular weight excluding hydrogens is 634 g/mol. The second-order valence-electron chi connectivity index (χ2n) is 15.3. The van der Waals surface area contributed by atoms with Gasteiger partial charge in [0.25, 0.3) is 0 Å². The number of fused-ring (bicyclic) bond motifs is 6. The summed E-state index contributed by atoms with van der Waals surface area (Å²) in [4.78, 5) is 31.7. The van der Waals surface area contributed by atoms with Crippen LogP contribution in [0.15, 0.2) is 88.3 Å². The molecule has 0 radical (unpaired) electrons. The van der Waals surface area contributed by atoms with E-state index in [1.165, 1.54) is 0 Å². The molecule has 9 atom stereocenters. The fraction of sp³-hybridized carbons (Fsp3) is 0.439. The fourth-order valence-electron chi connectivity index (χ4n) is 9.75. The van der Waals surface area contributed by atoms with E-state index in [1.54, 1.807) is 42.7 Å². The number of esters is 1. The Hall–Kier alpha value is -4.31. The minimum Gasteiger partial charge on any atom is -0.482 e. The van der Waals surface area contributed by atoms with Crippen molar-refractivity contribution in [3.8, 4) is 17.1 Å². The lowest BCUT2D eigenvalue weighted by atomic mass is 9.42. The lowest BCUT2D eigenvalue weighted by molar-refractivity contribution is -0.330. The molecule has 0 amide bonds. The van der Waals surface area contributed by atoms with E-state index in [4.69, 9.17) is 23.4 Å². The number of nitrogens with zero attached hydrogens (tertiary/aromatic N) is 1. The van der Waals surface area contributed by atoms with Crippen molar-refractivity contribution < 1.29 is 33.3 Å². The highest BCUT2D eigenvalue weighted by atomic mass is 16.7. The second-order valence-corrected chi connectivity index (χ2v) is 15.3. The van der Waals surface area contributed by atoms with Gasteiger partial charge in [0.2, 0.25) is 0 Å². The Morgan fingerprint density at radius 3 is 2.52 bits per heavy atom. The summed E-state index contributed by atoms with van der Waals surface area (Å²) < 4.78 is 32.4. The van der Waals surface area contributed by atoms with E-state index in [0.717, 1.165) is 23.1 Å². The van der Waals surface area contributed by atoms with Gasteiger partial charge in [0, 0.05) is 40.9 Å². The van der Waals surface area contributed by atoms with Crippen molar-refractivity contribution in [2.24, 2.45) is 22.7 Å². The van der Waals surface area contributed by atoms with Gasteiger partial charge in [-0.2, -0.15) is 0 Å². The first-order valence-electron chi connectivity index (χ1n) is 17.5. The summed E-state index contributed by atoms with van der Waals surface area (Å²) >= 11 is 0. The van der Waals surface area contributed by atoms with E-state index in [2.05, 4.69) is 31.8 Å². The molecule has 0 bridgehead atoms. The zero-order valence-electron chi connectivity index (χ0n) is 29.1. The molecule has 2 saturated carbocycles. The maximum absolute atomic E-state index is 13.8. The Labute approximate surface area is 291 Å². The van der Waals surface area contributed by atoms with Crippen LogP contribution in [0.5, 0.6) is 5.75 Å². The Kier molecular flexibility index (Phi) is 7.82.